The molecule has 1 heterocycles. The molecule has 1 aliphatic carbocycles. The van der Waals surface area contributed by atoms with Crippen LogP contribution in [0.5, 0.6) is 0 Å². The van der Waals surface area contributed by atoms with Gasteiger partial charge in [0.25, 0.3) is 0 Å². The summed E-state index contributed by atoms with van der Waals surface area (Å²) in [5.41, 5.74) is 7.52. The third-order valence-electron chi connectivity index (χ3n) is 2.28. The number of nitrogens with two attached hydrogens (primary N) is 1. The van der Waals surface area contributed by atoms with Gasteiger partial charge in [-0.1, -0.05) is 0 Å². The summed E-state index contributed by atoms with van der Waals surface area (Å²) >= 11 is 0. The molecule has 74 valence electrons. The first kappa shape index (κ1) is 8.93. The van der Waals surface area contributed by atoms with Gasteiger partial charge < -0.3 is 10.5 Å². The fourth-order valence-corrected chi connectivity index (χ4v) is 1.59. The highest BCUT2D eigenvalue weighted by Crippen LogP contribution is 2.20. The highest BCUT2D eigenvalue weighted by molar-refractivity contribution is 5.91. The van der Waals surface area contributed by atoms with Gasteiger partial charge in [0.2, 0.25) is 0 Å². The molecular weight excluding hydrogens is 182 g/mol. The number of aryl methyl sites for hydroxylation is 2. The molecule has 0 saturated heterocycles. The van der Waals surface area contributed by atoms with Crippen molar-refractivity contribution in [3.05, 3.63) is 17.1 Å². The number of ether oxygens (including phenoxy) is 1. The van der Waals surface area contributed by atoms with Gasteiger partial charge in [-0.05, 0) is 19.3 Å². The van der Waals surface area contributed by atoms with E-state index in [9.17, 15) is 4.79 Å². The van der Waals surface area contributed by atoms with Gasteiger partial charge in [-0.25, -0.2) is 14.8 Å². The quantitative estimate of drug-likeness (QED) is 0.650. The Morgan fingerprint density at radius 3 is 2.64 bits per heavy atom. The third kappa shape index (κ3) is 1.30. The number of rotatable bonds is 1. The molecule has 0 fully saturated rings. The van der Waals surface area contributed by atoms with Crippen molar-refractivity contribution in [2.75, 3.05) is 12.8 Å². The van der Waals surface area contributed by atoms with Gasteiger partial charge in [0.05, 0.1) is 18.5 Å². The monoisotopic (exact) mass is 193 g/mol. The van der Waals surface area contributed by atoms with Crippen molar-refractivity contribution < 1.29 is 9.53 Å². The first-order chi connectivity index (χ1) is 6.72. The summed E-state index contributed by atoms with van der Waals surface area (Å²) in [7, 11) is 1.30. The molecule has 14 heavy (non-hydrogen) atoms. The van der Waals surface area contributed by atoms with Crippen LogP contribution in [0.4, 0.5) is 5.82 Å². The minimum atomic E-state index is -0.523. The van der Waals surface area contributed by atoms with E-state index in [1.54, 1.807) is 0 Å². The number of hydrogen-bond acceptors (Lipinski definition) is 5. The number of esters is 1. The maximum Gasteiger partial charge on any atom is 0.360 e. The molecule has 0 amide bonds. The average molecular weight is 193 g/mol. The lowest BCUT2D eigenvalue weighted by atomic mass is 10.3. The molecule has 1 aliphatic rings. The van der Waals surface area contributed by atoms with Crippen molar-refractivity contribution in [2.24, 2.45) is 0 Å². The molecule has 0 bridgehead atoms. The second-order valence-electron chi connectivity index (χ2n) is 3.20. The number of carbonyl (C=O) groups is 1. The molecule has 0 spiro atoms. The predicted octanol–water partition coefficient (Wildman–Crippen LogP) is 0.334. The van der Waals surface area contributed by atoms with Crippen LogP contribution in [0.3, 0.4) is 0 Å². The summed E-state index contributed by atoms with van der Waals surface area (Å²) in [5, 5.41) is 0. The van der Waals surface area contributed by atoms with E-state index in [1.165, 1.54) is 7.11 Å². The van der Waals surface area contributed by atoms with Crippen molar-refractivity contribution in [1.29, 1.82) is 0 Å². The van der Waals surface area contributed by atoms with Crippen molar-refractivity contribution >= 4 is 11.8 Å². The molecule has 2 N–H and O–H groups in total. The van der Waals surface area contributed by atoms with E-state index in [2.05, 4.69) is 14.7 Å². The number of methoxy groups -OCH3 is 1. The number of aromatic nitrogens is 2. The van der Waals surface area contributed by atoms with E-state index in [0.717, 1.165) is 30.7 Å². The molecule has 0 unspecified atom stereocenters. The lowest BCUT2D eigenvalue weighted by Crippen LogP contribution is -2.12. The van der Waals surface area contributed by atoms with Gasteiger partial charge >= 0.3 is 5.97 Å². The number of nitrogens with zero attached hydrogens (tertiary/aromatic N) is 2. The smallest absolute Gasteiger partial charge is 0.360 e. The Hall–Kier alpha value is -1.65. The Morgan fingerprint density at radius 1 is 1.36 bits per heavy atom. The molecule has 5 heteroatoms. The maximum absolute atomic E-state index is 11.2. The zero-order valence-electron chi connectivity index (χ0n) is 7.91. The Balaban J connectivity index is 2.47. The second-order valence-corrected chi connectivity index (χ2v) is 3.20. The van der Waals surface area contributed by atoms with Crippen molar-refractivity contribution in [2.45, 2.75) is 19.3 Å². The normalized spacial score (nSPS) is 13.8. The molecule has 1 aromatic heterocycles. The number of hydrogen-bond donors (Lipinski definition) is 1. The van der Waals surface area contributed by atoms with E-state index in [4.69, 9.17) is 5.73 Å². The number of anilines is 1. The van der Waals surface area contributed by atoms with Crippen LogP contribution >= 0.6 is 0 Å². The molecule has 0 aromatic carbocycles. The first-order valence-corrected chi connectivity index (χ1v) is 4.46. The predicted molar refractivity (Wildman–Crippen MR) is 49.8 cm³/mol. The largest absolute Gasteiger partial charge is 0.464 e. The van der Waals surface area contributed by atoms with Crippen LogP contribution in [0.25, 0.3) is 0 Å². The zero-order chi connectivity index (χ0) is 10.1. The van der Waals surface area contributed by atoms with Gasteiger partial charge in [0.15, 0.2) is 11.5 Å². The minimum Gasteiger partial charge on any atom is -0.464 e. The van der Waals surface area contributed by atoms with Gasteiger partial charge in [0, 0.05) is 0 Å². The highest BCUT2D eigenvalue weighted by Gasteiger charge is 2.20. The summed E-state index contributed by atoms with van der Waals surface area (Å²) < 4.78 is 4.56. The topological polar surface area (TPSA) is 78.1 Å². The Kier molecular flexibility index (Phi) is 2.07. The molecule has 1 aromatic rings. The first-order valence-electron chi connectivity index (χ1n) is 4.46. The number of carbonyl (C=O) groups excluding carboxylic acids is 1. The lowest BCUT2D eigenvalue weighted by molar-refractivity contribution is 0.0594. The van der Waals surface area contributed by atoms with Crippen molar-refractivity contribution in [3.63, 3.8) is 0 Å². The molecule has 0 atom stereocenters. The van der Waals surface area contributed by atoms with Crippen LogP contribution in [0.15, 0.2) is 0 Å². The molecule has 0 saturated carbocycles. The molecule has 0 radical (unpaired) electrons. The molecule has 2 rings (SSSR count). The van der Waals surface area contributed by atoms with Crippen LogP contribution in [-0.2, 0) is 17.6 Å². The van der Waals surface area contributed by atoms with Gasteiger partial charge in [-0.2, -0.15) is 0 Å². The molecule has 5 nitrogen and oxygen atoms in total. The SMILES string of the molecule is COC(=O)c1nc2c(nc1N)CCC2. The van der Waals surface area contributed by atoms with Gasteiger partial charge in [-0.15, -0.1) is 0 Å². The van der Waals surface area contributed by atoms with Crippen LogP contribution in [0, 0.1) is 0 Å². The maximum atomic E-state index is 11.2. The van der Waals surface area contributed by atoms with E-state index in [-0.39, 0.29) is 11.5 Å². The zero-order valence-corrected chi connectivity index (χ0v) is 7.91. The lowest BCUT2D eigenvalue weighted by Gasteiger charge is -2.04. The van der Waals surface area contributed by atoms with E-state index in [0.29, 0.717) is 0 Å². The number of fused-ring (bicyclic) bond motifs is 1. The Morgan fingerprint density at radius 2 is 2.00 bits per heavy atom. The highest BCUT2D eigenvalue weighted by atomic mass is 16.5. The standard InChI is InChI=1S/C9H11N3O2/c1-14-9(13)7-8(10)12-6-4-2-3-5(6)11-7/h2-4H2,1H3,(H2,10,12). The summed E-state index contributed by atoms with van der Waals surface area (Å²) in [6.07, 6.45) is 2.79. The van der Waals surface area contributed by atoms with Gasteiger partial charge in [0.1, 0.15) is 0 Å². The van der Waals surface area contributed by atoms with Crippen molar-refractivity contribution in [1.82, 2.24) is 9.97 Å². The van der Waals surface area contributed by atoms with Gasteiger partial charge in [-0.3, -0.25) is 0 Å². The Labute approximate surface area is 81.3 Å². The average Bonchev–Trinajstić information content (AvgIpc) is 2.62. The summed E-state index contributed by atoms with van der Waals surface area (Å²) in [4.78, 5) is 19.5. The van der Waals surface area contributed by atoms with Crippen LogP contribution < -0.4 is 5.73 Å². The summed E-state index contributed by atoms with van der Waals surface area (Å²) in [5.74, 6) is -0.359. The van der Waals surface area contributed by atoms with Crippen LogP contribution in [0.1, 0.15) is 28.3 Å². The number of nitrogen functional groups attached to an aromatic ring is 1. The fourth-order valence-electron chi connectivity index (χ4n) is 1.59. The summed E-state index contributed by atoms with van der Waals surface area (Å²) in [6.45, 7) is 0. The minimum absolute atomic E-state index is 0.133. The van der Waals surface area contributed by atoms with E-state index < -0.39 is 5.97 Å². The third-order valence-corrected chi connectivity index (χ3v) is 2.28. The Bertz CT molecular complexity index is 390. The van der Waals surface area contributed by atoms with Crippen molar-refractivity contribution in [3.8, 4) is 0 Å². The summed E-state index contributed by atoms with van der Waals surface area (Å²) in [6, 6.07) is 0. The molecule has 0 aliphatic heterocycles. The van der Waals surface area contributed by atoms with E-state index >= 15 is 0 Å². The van der Waals surface area contributed by atoms with Crippen LogP contribution in [0.2, 0.25) is 0 Å². The fraction of sp³-hybridized carbons (Fsp3) is 0.444. The van der Waals surface area contributed by atoms with E-state index in [1.807, 2.05) is 0 Å². The van der Waals surface area contributed by atoms with Crippen LogP contribution in [-0.4, -0.2) is 23.0 Å². The second kappa shape index (κ2) is 3.25. The molecular formula is C9H11N3O2.